The summed E-state index contributed by atoms with van der Waals surface area (Å²) < 4.78 is 17.0. The van der Waals surface area contributed by atoms with Crippen LogP contribution in [0.1, 0.15) is 63.7 Å². The highest BCUT2D eigenvalue weighted by atomic mass is 16.5. The van der Waals surface area contributed by atoms with Crippen molar-refractivity contribution in [2.24, 2.45) is 0 Å². The molecule has 0 fully saturated rings. The highest BCUT2D eigenvalue weighted by Crippen LogP contribution is 2.38. The number of carbonyl (C=O) groups is 2. The molecule has 3 heterocycles. The first-order chi connectivity index (χ1) is 18.0. The molecule has 0 radical (unpaired) electrons. The van der Waals surface area contributed by atoms with E-state index < -0.39 is 0 Å². The Kier molecular flexibility index (Phi) is 7.12. The van der Waals surface area contributed by atoms with Crippen molar-refractivity contribution in [3.05, 3.63) is 113 Å². The highest BCUT2D eigenvalue weighted by Gasteiger charge is 2.31. The van der Waals surface area contributed by atoms with Gasteiger partial charge in [0, 0.05) is 13.0 Å². The van der Waals surface area contributed by atoms with Gasteiger partial charge in [-0.05, 0) is 66.4 Å². The van der Waals surface area contributed by atoms with Crippen molar-refractivity contribution in [3.63, 3.8) is 0 Å². The lowest BCUT2D eigenvalue weighted by molar-refractivity contribution is -0.132. The molecule has 190 valence electrons. The number of hydrogen-bond donors (Lipinski definition) is 1. The van der Waals surface area contributed by atoms with Crippen molar-refractivity contribution in [2.45, 2.75) is 45.9 Å². The Balaban J connectivity index is 1.31. The maximum atomic E-state index is 12.9. The van der Waals surface area contributed by atoms with Gasteiger partial charge in [-0.25, -0.2) is 0 Å². The summed E-state index contributed by atoms with van der Waals surface area (Å²) in [5.74, 6) is 1.92. The van der Waals surface area contributed by atoms with Gasteiger partial charge in [0.25, 0.3) is 5.91 Å². The lowest BCUT2D eigenvalue weighted by Crippen LogP contribution is -2.40. The normalized spacial score (nSPS) is 14.8. The average molecular weight is 499 g/mol. The SMILES string of the molecule is CCC(=O)N1CCc2ccc(OCc3ccc(C(=O)NCc4ccco4)o3)cc2C1c1cccc(C)c1. The second kappa shape index (κ2) is 10.8. The van der Waals surface area contributed by atoms with Gasteiger partial charge < -0.3 is 23.8 Å². The van der Waals surface area contributed by atoms with Gasteiger partial charge in [-0.1, -0.05) is 42.8 Å². The number of amides is 2. The Morgan fingerprint density at radius 3 is 2.73 bits per heavy atom. The second-order valence-electron chi connectivity index (χ2n) is 9.18. The van der Waals surface area contributed by atoms with Crippen LogP contribution in [0.25, 0.3) is 0 Å². The van der Waals surface area contributed by atoms with E-state index in [2.05, 4.69) is 36.5 Å². The van der Waals surface area contributed by atoms with Gasteiger partial charge in [-0.15, -0.1) is 0 Å². The van der Waals surface area contributed by atoms with Crippen molar-refractivity contribution in [3.8, 4) is 5.75 Å². The minimum Gasteiger partial charge on any atom is -0.486 e. The number of nitrogens with zero attached hydrogens (tertiary/aromatic N) is 1. The molecule has 2 aromatic heterocycles. The molecule has 2 aromatic carbocycles. The van der Waals surface area contributed by atoms with E-state index in [1.165, 1.54) is 5.56 Å². The van der Waals surface area contributed by atoms with Crippen LogP contribution < -0.4 is 10.1 Å². The fourth-order valence-electron chi connectivity index (χ4n) is 4.75. The number of carbonyl (C=O) groups excluding carboxylic acids is 2. The number of furan rings is 2. The lowest BCUT2D eigenvalue weighted by Gasteiger charge is -2.38. The van der Waals surface area contributed by atoms with Crippen LogP contribution in [0.4, 0.5) is 0 Å². The molecule has 0 bridgehead atoms. The van der Waals surface area contributed by atoms with Crippen LogP contribution in [-0.4, -0.2) is 23.3 Å². The van der Waals surface area contributed by atoms with Gasteiger partial charge in [-0.2, -0.15) is 0 Å². The van der Waals surface area contributed by atoms with Crippen LogP contribution in [0.3, 0.4) is 0 Å². The molecule has 7 nitrogen and oxygen atoms in total. The summed E-state index contributed by atoms with van der Waals surface area (Å²) in [6.07, 6.45) is 2.83. The quantitative estimate of drug-likeness (QED) is 0.343. The molecule has 1 atom stereocenters. The number of aryl methyl sites for hydroxylation is 1. The molecule has 5 rings (SSSR count). The Morgan fingerprint density at radius 1 is 1.05 bits per heavy atom. The smallest absolute Gasteiger partial charge is 0.287 e. The van der Waals surface area contributed by atoms with E-state index in [1.807, 2.05) is 30.0 Å². The Morgan fingerprint density at radius 2 is 1.95 bits per heavy atom. The van der Waals surface area contributed by atoms with Crippen LogP contribution in [0.2, 0.25) is 0 Å². The summed E-state index contributed by atoms with van der Waals surface area (Å²) in [5, 5.41) is 2.77. The molecule has 0 saturated carbocycles. The number of fused-ring (bicyclic) bond motifs is 1. The molecular formula is C30H30N2O5. The van der Waals surface area contributed by atoms with Crippen LogP contribution >= 0.6 is 0 Å². The zero-order chi connectivity index (χ0) is 25.8. The summed E-state index contributed by atoms with van der Waals surface area (Å²) in [7, 11) is 0. The lowest BCUT2D eigenvalue weighted by atomic mass is 9.87. The summed E-state index contributed by atoms with van der Waals surface area (Å²) in [4.78, 5) is 27.2. The third-order valence-corrected chi connectivity index (χ3v) is 6.60. The van der Waals surface area contributed by atoms with E-state index in [0.29, 0.717) is 30.2 Å². The first-order valence-electron chi connectivity index (χ1n) is 12.5. The van der Waals surface area contributed by atoms with Gasteiger partial charge in [0.15, 0.2) is 5.76 Å². The number of ether oxygens (including phenoxy) is 1. The third-order valence-electron chi connectivity index (χ3n) is 6.60. The first kappa shape index (κ1) is 24.4. The number of nitrogens with one attached hydrogen (secondary N) is 1. The van der Waals surface area contributed by atoms with E-state index in [9.17, 15) is 9.59 Å². The number of rotatable bonds is 8. The Labute approximate surface area is 216 Å². The van der Waals surface area contributed by atoms with Gasteiger partial charge in [0.05, 0.1) is 18.8 Å². The van der Waals surface area contributed by atoms with Crippen molar-refractivity contribution in [2.75, 3.05) is 6.54 Å². The zero-order valence-electron chi connectivity index (χ0n) is 21.0. The van der Waals surface area contributed by atoms with Gasteiger partial charge in [-0.3, -0.25) is 9.59 Å². The van der Waals surface area contributed by atoms with E-state index in [-0.39, 0.29) is 36.8 Å². The molecular weight excluding hydrogens is 468 g/mol. The minimum absolute atomic E-state index is 0.136. The Bertz CT molecular complexity index is 1390. The molecule has 1 aliphatic heterocycles. The fourth-order valence-corrected chi connectivity index (χ4v) is 4.75. The largest absolute Gasteiger partial charge is 0.486 e. The molecule has 1 N–H and O–H groups in total. The molecule has 1 unspecified atom stereocenters. The first-order valence-corrected chi connectivity index (χ1v) is 12.5. The van der Waals surface area contributed by atoms with Gasteiger partial charge >= 0.3 is 0 Å². The number of hydrogen-bond acceptors (Lipinski definition) is 5. The highest BCUT2D eigenvalue weighted by molar-refractivity contribution is 5.91. The fraction of sp³-hybridized carbons (Fsp3) is 0.267. The average Bonchev–Trinajstić information content (AvgIpc) is 3.62. The predicted octanol–water partition coefficient (Wildman–Crippen LogP) is 5.57. The van der Waals surface area contributed by atoms with E-state index >= 15 is 0 Å². The van der Waals surface area contributed by atoms with Gasteiger partial charge in [0.1, 0.15) is 23.9 Å². The standard InChI is InChI=1S/C30H30N2O5/c1-3-28(33)32-14-13-21-9-10-23(17-26(21)29(32)22-7-4-6-20(2)16-22)36-19-25-11-12-27(37-25)30(34)31-18-24-8-5-15-35-24/h4-12,15-17,29H,3,13-14,18-19H2,1-2H3,(H,31,34). The van der Waals surface area contributed by atoms with Gasteiger partial charge in [0.2, 0.25) is 5.91 Å². The van der Waals surface area contributed by atoms with Crippen LogP contribution in [-0.2, 0) is 24.4 Å². The van der Waals surface area contributed by atoms with Crippen molar-refractivity contribution < 1.29 is 23.2 Å². The molecule has 7 heteroatoms. The summed E-state index contributed by atoms with van der Waals surface area (Å²) in [6.45, 7) is 5.12. The zero-order valence-corrected chi connectivity index (χ0v) is 21.0. The van der Waals surface area contributed by atoms with Crippen LogP contribution in [0, 0.1) is 6.92 Å². The Hall–Kier alpha value is -4.26. The molecule has 1 aliphatic rings. The van der Waals surface area contributed by atoms with Crippen molar-refractivity contribution >= 4 is 11.8 Å². The minimum atomic E-state index is -0.321. The maximum absolute atomic E-state index is 12.9. The predicted molar refractivity (Wildman–Crippen MR) is 138 cm³/mol. The molecule has 37 heavy (non-hydrogen) atoms. The van der Waals surface area contributed by atoms with E-state index in [4.69, 9.17) is 13.6 Å². The summed E-state index contributed by atoms with van der Waals surface area (Å²) >= 11 is 0. The number of benzene rings is 2. The van der Waals surface area contributed by atoms with Crippen molar-refractivity contribution in [1.29, 1.82) is 0 Å². The monoisotopic (exact) mass is 498 g/mol. The second-order valence-corrected chi connectivity index (χ2v) is 9.18. The molecule has 0 saturated heterocycles. The van der Waals surface area contributed by atoms with Crippen molar-refractivity contribution in [1.82, 2.24) is 10.2 Å². The molecule has 4 aromatic rings. The van der Waals surface area contributed by atoms with Crippen LogP contribution in [0.15, 0.2) is 81.8 Å². The summed E-state index contributed by atoms with van der Waals surface area (Å²) in [6, 6.07) is 21.1. The molecule has 0 aliphatic carbocycles. The third kappa shape index (κ3) is 5.45. The topological polar surface area (TPSA) is 84.9 Å². The van der Waals surface area contributed by atoms with E-state index in [1.54, 1.807) is 30.5 Å². The van der Waals surface area contributed by atoms with E-state index in [0.717, 1.165) is 23.1 Å². The molecule has 2 amide bonds. The molecule has 0 spiro atoms. The summed E-state index contributed by atoms with van der Waals surface area (Å²) in [5.41, 5.74) is 4.54. The van der Waals surface area contributed by atoms with Crippen LogP contribution in [0.5, 0.6) is 5.75 Å². The maximum Gasteiger partial charge on any atom is 0.287 e.